The van der Waals surface area contributed by atoms with Gasteiger partial charge in [0.15, 0.2) is 0 Å². The van der Waals surface area contributed by atoms with Crippen LogP contribution in [0.15, 0.2) is 36.9 Å². The fraction of sp³-hybridized carbons (Fsp3) is 0.526. The average Bonchev–Trinajstić information content (AvgIpc) is 3.16. The number of likely N-dealkylation sites (tertiary alicyclic amines) is 1. The van der Waals surface area contributed by atoms with Gasteiger partial charge in [0.25, 0.3) is 0 Å². The molecule has 0 bridgehead atoms. The van der Waals surface area contributed by atoms with Crippen LogP contribution < -0.4 is 0 Å². The second-order valence-corrected chi connectivity index (χ2v) is 7.11. The first-order valence-corrected chi connectivity index (χ1v) is 8.97. The average molecular weight is 341 g/mol. The fourth-order valence-electron chi connectivity index (χ4n) is 3.37. The molecule has 2 aromatic rings. The number of nitrogens with zero attached hydrogens (tertiary/aromatic N) is 5. The molecule has 0 saturated carbocycles. The van der Waals surface area contributed by atoms with E-state index in [1.54, 1.807) is 11.0 Å². The van der Waals surface area contributed by atoms with Gasteiger partial charge in [-0.2, -0.15) is 5.10 Å². The van der Waals surface area contributed by atoms with Crippen LogP contribution in [0.3, 0.4) is 0 Å². The Morgan fingerprint density at radius 3 is 2.76 bits per heavy atom. The van der Waals surface area contributed by atoms with Crippen molar-refractivity contribution in [2.45, 2.75) is 32.7 Å². The summed E-state index contributed by atoms with van der Waals surface area (Å²) in [7, 11) is 2.02. The molecule has 0 spiro atoms. The first-order valence-electron chi connectivity index (χ1n) is 8.97. The van der Waals surface area contributed by atoms with Gasteiger partial charge in [-0.3, -0.25) is 9.69 Å². The van der Waals surface area contributed by atoms with Crippen molar-refractivity contribution in [2.24, 2.45) is 5.92 Å². The van der Waals surface area contributed by atoms with Crippen LogP contribution in [0.1, 0.15) is 38.3 Å². The van der Waals surface area contributed by atoms with Gasteiger partial charge in [-0.25, -0.2) is 9.67 Å². The Balaban J connectivity index is 1.60. The highest BCUT2D eigenvalue weighted by Gasteiger charge is 2.23. The lowest BCUT2D eigenvalue weighted by atomic mass is 10.0. The molecule has 0 aliphatic carbocycles. The standard InChI is InChI=1S/C19H27N5O/c1-15-5-4-10-23(11-15)19(25)12-22(3)16(2)17-6-8-18(9-7-17)24-14-20-13-21-24/h6-9,13-16H,4-5,10-12H2,1-3H3. The summed E-state index contributed by atoms with van der Waals surface area (Å²) < 4.78 is 1.74. The summed E-state index contributed by atoms with van der Waals surface area (Å²) in [6, 6.07) is 8.42. The Bertz CT molecular complexity index is 682. The van der Waals surface area contributed by atoms with Gasteiger partial charge < -0.3 is 4.90 Å². The highest BCUT2D eigenvalue weighted by Crippen LogP contribution is 2.21. The highest BCUT2D eigenvalue weighted by molar-refractivity contribution is 5.78. The summed E-state index contributed by atoms with van der Waals surface area (Å²) in [5.74, 6) is 0.852. The molecule has 6 heteroatoms. The molecule has 1 aromatic carbocycles. The normalized spacial score (nSPS) is 19.2. The molecule has 2 atom stereocenters. The van der Waals surface area contributed by atoms with Gasteiger partial charge >= 0.3 is 0 Å². The maximum absolute atomic E-state index is 12.6. The third-order valence-electron chi connectivity index (χ3n) is 5.11. The Morgan fingerprint density at radius 1 is 1.36 bits per heavy atom. The topological polar surface area (TPSA) is 54.3 Å². The van der Waals surface area contributed by atoms with Crippen molar-refractivity contribution in [3.8, 4) is 5.69 Å². The molecule has 134 valence electrons. The molecule has 1 aliphatic heterocycles. The number of piperidine rings is 1. The quantitative estimate of drug-likeness (QED) is 0.838. The van der Waals surface area contributed by atoms with Crippen molar-refractivity contribution in [1.29, 1.82) is 0 Å². The lowest BCUT2D eigenvalue weighted by Gasteiger charge is -2.33. The lowest BCUT2D eigenvalue weighted by Crippen LogP contribution is -2.44. The largest absolute Gasteiger partial charge is 0.341 e. The molecule has 2 unspecified atom stereocenters. The predicted octanol–water partition coefficient (Wildman–Crippen LogP) is 2.52. The molecule has 1 fully saturated rings. The summed E-state index contributed by atoms with van der Waals surface area (Å²) in [5.41, 5.74) is 2.17. The van der Waals surface area contributed by atoms with Gasteiger partial charge in [0.05, 0.1) is 12.2 Å². The molecule has 1 saturated heterocycles. The zero-order chi connectivity index (χ0) is 17.8. The second kappa shape index (κ2) is 7.78. The van der Waals surface area contributed by atoms with Crippen LogP contribution >= 0.6 is 0 Å². The van der Waals surface area contributed by atoms with Crippen LogP contribution in [0.25, 0.3) is 5.69 Å². The SMILES string of the molecule is CC1CCCN(C(=O)CN(C)C(C)c2ccc(-n3cncn3)cc2)C1. The van der Waals surface area contributed by atoms with Crippen LogP contribution in [0.5, 0.6) is 0 Å². The van der Waals surface area contributed by atoms with Crippen molar-refractivity contribution in [2.75, 3.05) is 26.7 Å². The van der Waals surface area contributed by atoms with Crippen LogP contribution in [0.4, 0.5) is 0 Å². The predicted molar refractivity (Wildman–Crippen MR) is 97.4 cm³/mol. The molecule has 0 N–H and O–H groups in total. The molecule has 25 heavy (non-hydrogen) atoms. The Morgan fingerprint density at radius 2 is 2.12 bits per heavy atom. The Hall–Kier alpha value is -2.21. The van der Waals surface area contributed by atoms with Gasteiger partial charge in [-0.1, -0.05) is 19.1 Å². The third-order valence-corrected chi connectivity index (χ3v) is 5.11. The van der Waals surface area contributed by atoms with E-state index in [0.717, 1.165) is 25.2 Å². The number of rotatable bonds is 5. The molecule has 1 aliphatic rings. The van der Waals surface area contributed by atoms with Crippen molar-refractivity contribution >= 4 is 5.91 Å². The summed E-state index contributed by atoms with van der Waals surface area (Å²) in [6.45, 7) is 6.61. The van der Waals surface area contributed by atoms with E-state index in [-0.39, 0.29) is 11.9 Å². The Kier molecular flexibility index (Phi) is 5.48. The summed E-state index contributed by atoms with van der Waals surface area (Å²) in [4.78, 5) is 20.7. The van der Waals surface area contributed by atoms with Crippen LogP contribution in [-0.4, -0.2) is 57.2 Å². The van der Waals surface area contributed by atoms with Crippen LogP contribution in [-0.2, 0) is 4.79 Å². The fourth-order valence-corrected chi connectivity index (χ4v) is 3.37. The summed E-state index contributed by atoms with van der Waals surface area (Å²) >= 11 is 0. The molecule has 3 rings (SSSR count). The monoisotopic (exact) mass is 341 g/mol. The minimum Gasteiger partial charge on any atom is -0.341 e. The maximum atomic E-state index is 12.6. The number of hydrogen-bond donors (Lipinski definition) is 0. The van der Waals surface area contributed by atoms with Crippen molar-refractivity contribution in [3.05, 3.63) is 42.5 Å². The number of amides is 1. The van der Waals surface area contributed by atoms with Crippen molar-refractivity contribution in [3.63, 3.8) is 0 Å². The summed E-state index contributed by atoms with van der Waals surface area (Å²) in [6.07, 6.45) is 5.56. The van der Waals surface area contributed by atoms with E-state index in [4.69, 9.17) is 0 Å². The zero-order valence-corrected chi connectivity index (χ0v) is 15.3. The van der Waals surface area contributed by atoms with E-state index in [9.17, 15) is 4.79 Å². The van der Waals surface area contributed by atoms with E-state index < -0.39 is 0 Å². The lowest BCUT2D eigenvalue weighted by molar-refractivity contribution is -0.134. The van der Waals surface area contributed by atoms with E-state index in [1.165, 1.54) is 18.3 Å². The number of carbonyl (C=O) groups is 1. The van der Waals surface area contributed by atoms with Gasteiger partial charge in [0.2, 0.25) is 5.91 Å². The van der Waals surface area contributed by atoms with E-state index >= 15 is 0 Å². The molecular weight excluding hydrogens is 314 g/mol. The highest BCUT2D eigenvalue weighted by atomic mass is 16.2. The summed E-state index contributed by atoms with van der Waals surface area (Å²) in [5, 5.41) is 4.14. The number of likely N-dealkylation sites (N-methyl/N-ethyl adjacent to an activating group) is 1. The number of benzene rings is 1. The van der Waals surface area contributed by atoms with E-state index in [2.05, 4.69) is 41.0 Å². The van der Waals surface area contributed by atoms with E-state index in [1.807, 2.05) is 24.1 Å². The molecule has 0 radical (unpaired) electrons. The zero-order valence-electron chi connectivity index (χ0n) is 15.3. The van der Waals surface area contributed by atoms with Crippen LogP contribution in [0.2, 0.25) is 0 Å². The van der Waals surface area contributed by atoms with E-state index in [0.29, 0.717) is 12.5 Å². The minimum absolute atomic E-state index is 0.177. The molecule has 1 aromatic heterocycles. The number of carbonyl (C=O) groups excluding carboxylic acids is 1. The number of aromatic nitrogens is 3. The third kappa shape index (κ3) is 4.25. The minimum atomic E-state index is 0.177. The first-order chi connectivity index (χ1) is 12.0. The maximum Gasteiger partial charge on any atom is 0.236 e. The van der Waals surface area contributed by atoms with Gasteiger partial charge in [-0.15, -0.1) is 0 Å². The van der Waals surface area contributed by atoms with Crippen LogP contribution in [0, 0.1) is 5.92 Å². The first kappa shape index (κ1) is 17.6. The van der Waals surface area contributed by atoms with Crippen molar-refractivity contribution < 1.29 is 4.79 Å². The van der Waals surface area contributed by atoms with Gasteiger partial charge in [0, 0.05) is 19.1 Å². The van der Waals surface area contributed by atoms with Crippen molar-refractivity contribution in [1.82, 2.24) is 24.6 Å². The smallest absolute Gasteiger partial charge is 0.236 e. The molecular formula is C19H27N5O. The Labute approximate surface area is 149 Å². The van der Waals surface area contributed by atoms with Gasteiger partial charge in [-0.05, 0) is 50.4 Å². The number of hydrogen-bond acceptors (Lipinski definition) is 4. The molecule has 1 amide bonds. The molecule has 2 heterocycles. The molecule has 6 nitrogen and oxygen atoms in total. The van der Waals surface area contributed by atoms with Gasteiger partial charge in [0.1, 0.15) is 12.7 Å². The second-order valence-electron chi connectivity index (χ2n) is 7.11.